The molecule has 5 heteroatoms. The number of thiocarbonyl (C=S) groups is 1. The summed E-state index contributed by atoms with van der Waals surface area (Å²) in [5, 5.41) is 7.22. The fourth-order valence-electron chi connectivity index (χ4n) is 2.96. The van der Waals surface area contributed by atoms with Gasteiger partial charge in [0.15, 0.2) is 5.11 Å². The zero-order chi connectivity index (χ0) is 17.2. The second kappa shape index (κ2) is 6.69. The lowest BCUT2D eigenvalue weighted by molar-refractivity contribution is 0.0697. The molecule has 24 heavy (non-hydrogen) atoms. The average Bonchev–Trinajstić information content (AvgIpc) is 2.54. The maximum atomic E-state index is 6.06. The summed E-state index contributed by atoms with van der Waals surface area (Å²) in [6.45, 7) is 4.19. The Balaban J connectivity index is 1.74. The van der Waals surface area contributed by atoms with E-state index in [0.717, 1.165) is 29.2 Å². The standard InChI is InChI=1S/C19H22N2O2S/c1-19(2)12-16(15-9-4-5-10-17(15)23-19)21-18(24)20-13-7-6-8-14(11-13)22-3/h4-11,16H,12H2,1-3H3,(H2,20,21,24). The van der Waals surface area contributed by atoms with Crippen molar-refractivity contribution in [2.75, 3.05) is 12.4 Å². The lowest BCUT2D eigenvalue weighted by atomic mass is 9.90. The largest absolute Gasteiger partial charge is 0.497 e. The van der Waals surface area contributed by atoms with Crippen LogP contribution in [-0.2, 0) is 0 Å². The number of hydrogen-bond donors (Lipinski definition) is 2. The van der Waals surface area contributed by atoms with Gasteiger partial charge in [0.2, 0.25) is 0 Å². The van der Waals surface area contributed by atoms with Crippen molar-refractivity contribution in [2.45, 2.75) is 31.9 Å². The Bertz CT molecular complexity index is 746. The van der Waals surface area contributed by atoms with Crippen molar-refractivity contribution in [1.82, 2.24) is 5.32 Å². The van der Waals surface area contributed by atoms with Crippen LogP contribution >= 0.6 is 12.2 Å². The van der Waals surface area contributed by atoms with Gasteiger partial charge in [0, 0.05) is 23.7 Å². The third-order valence-corrected chi connectivity index (χ3v) is 4.23. The van der Waals surface area contributed by atoms with Gasteiger partial charge in [-0.2, -0.15) is 0 Å². The van der Waals surface area contributed by atoms with Crippen LogP contribution in [0.5, 0.6) is 11.5 Å². The molecule has 126 valence electrons. The van der Waals surface area contributed by atoms with E-state index >= 15 is 0 Å². The number of nitrogens with one attached hydrogen (secondary N) is 2. The van der Waals surface area contributed by atoms with Gasteiger partial charge in [0.1, 0.15) is 17.1 Å². The number of anilines is 1. The van der Waals surface area contributed by atoms with Crippen LogP contribution < -0.4 is 20.1 Å². The summed E-state index contributed by atoms with van der Waals surface area (Å²) in [4.78, 5) is 0. The highest BCUT2D eigenvalue weighted by Crippen LogP contribution is 2.39. The summed E-state index contributed by atoms with van der Waals surface area (Å²) in [6.07, 6.45) is 0.837. The maximum Gasteiger partial charge on any atom is 0.171 e. The monoisotopic (exact) mass is 342 g/mol. The number of para-hydroxylation sites is 1. The van der Waals surface area contributed by atoms with E-state index in [1.54, 1.807) is 7.11 Å². The van der Waals surface area contributed by atoms with Crippen LogP contribution in [0.1, 0.15) is 31.9 Å². The van der Waals surface area contributed by atoms with Crippen molar-refractivity contribution in [3.63, 3.8) is 0 Å². The second-order valence-corrected chi connectivity index (χ2v) is 6.89. The third-order valence-electron chi connectivity index (χ3n) is 4.01. The van der Waals surface area contributed by atoms with Crippen molar-refractivity contribution in [2.24, 2.45) is 0 Å². The molecule has 3 rings (SSSR count). The number of methoxy groups -OCH3 is 1. The quantitative estimate of drug-likeness (QED) is 0.815. The van der Waals surface area contributed by atoms with Crippen molar-refractivity contribution >= 4 is 23.0 Å². The molecule has 0 radical (unpaired) electrons. The molecule has 0 fully saturated rings. The lowest BCUT2D eigenvalue weighted by Crippen LogP contribution is -2.42. The zero-order valence-corrected chi connectivity index (χ0v) is 14.9. The number of ether oxygens (including phenoxy) is 2. The number of rotatable bonds is 3. The third kappa shape index (κ3) is 3.79. The van der Waals surface area contributed by atoms with E-state index in [-0.39, 0.29) is 11.6 Å². The van der Waals surface area contributed by atoms with Gasteiger partial charge in [-0.15, -0.1) is 0 Å². The van der Waals surface area contributed by atoms with Crippen molar-refractivity contribution in [1.29, 1.82) is 0 Å². The van der Waals surface area contributed by atoms with Crippen molar-refractivity contribution in [3.8, 4) is 11.5 Å². The average molecular weight is 342 g/mol. The summed E-state index contributed by atoms with van der Waals surface area (Å²) >= 11 is 5.50. The summed E-state index contributed by atoms with van der Waals surface area (Å²) in [5.41, 5.74) is 1.79. The van der Waals surface area contributed by atoms with Crippen LogP contribution in [0.25, 0.3) is 0 Å². The Morgan fingerprint density at radius 1 is 1.21 bits per heavy atom. The molecule has 0 bridgehead atoms. The minimum atomic E-state index is -0.238. The van der Waals surface area contributed by atoms with Gasteiger partial charge in [-0.05, 0) is 44.3 Å². The molecule has 0 aromatic heterocycles. The second-order valence-electron chi connectivity index (χ2n) is 6.49. The molecule has 1 aliphatic heterocycles. The molecule has 0 aliphatic carbocycles. The molecule has 0 amide bonds. The van der Waals surface area contributed by atoms with Crippen LogP contribution in [0.15, 0.2) is 48.5 Å². The van der Waals surface area contributed by atoms with Crippen LogP contribution in [-0.4, -0.2) is 17.8 Å². The van der Waals surface area contributed by atoms with Gasteiger partial charge in [0.25, 0.3) is 0 Å². The van der Waals surface area contributed by atoms with Crippen LogP contribution in [0.2, 0.25) is 0 Å². The summed E-state index contributed by atoms with van der Waals surface area (Å²) in [6, 6.07) is 15.9. The molecule has 1 atom stereocenters. The first-order chi connectivity index (χ1) is 11.5. The predicted molar refractivity (Wildman–Crippen MR) is 101 cm³/mol. The first-order valence-corrected chi connectivity index (χ1v) is 8.37. The first kappa shape index (κ1) is 16.6. The van der Waals surface area contributed by atoms with E-state index < -0.39 is 0 Å². The Hall–Kier alpha value is -2.27. The highest BCUT2D eigenvalue weighted by molar-refractivity contribution is 7.80. The first-order valence-electron chi connectivity index (χ1n) is 7.96. The van der Waals surface area contributed by atoms with Crippen molar-refractivity contribution in [3.05, 3.63) is 54.1 Å². The van der Waals surface area contributed by atoms with Gasteiger partial charge >= 0.3 is 0 Å². The predicted octanol–water partition coefficient (Wildman–Crippen LogP) is 4.28. The van der Waals surface area contributed by atoms with Crippen molar-refractivity contribution < 1.29 is 9.47 Å². The summed E-state index contributed by atoms with van der Waals surface area (Å²) < 4.78 is 11.3. The topological polar surface area (TPSA) is 42.5 Å². The molecule has 2 aromatic carbocycles. The van der Waals surface area contributed by atoms with E-state index in [9.17, 15) is 0 Å². The molecule has 1 heterocycles. The summed E-state index contributed by atoms with van der Waals surface area (Å²) in [5.74, 6) is 1.70. The fraction of sp³-hybridized carbons (Fsp3) is 0.316. The number of fused-ring (bicyclic) bond motifs is 1. The Labute approximate surface area is 148 Å². The highest BCUT2D eigenvalue weighted by atomic mass is 32.1. The Morgan fingerprint density at radius 3 is 2.79 bits per heavy atom. The smallest absolute Gasteiger partial charge is 0.171 e. The normalized spacial score (nSPS) is 18.0. The Kier molecular flexibility index (Phi) is 4.62. The SMILES string of the molecule is COc1cccc(NC(=S)NC2CC(C)(C)Oc3ccccc32)c1. The lowest BCUT2D eigenvalue weighted by Gasteiger charge is -2.38. The molecule has 4 nitrogen and oxygen atoms in total. The molecule has 1 unspecified atom stereocenters. The van der Waals surface area contributed by atoms with E-state index in [4.69, 9.17) is 21.7 Å². The van der Waals surface area contributed by atoms with Gasteiger partial charge in [-0.25, -0.2) is 0 Å². The van der Waals surface area contributed by atoms with Gasteiger partial charge in [-0.1, -0.05) is 24.3 Å². The maximum absolute atomic E-state index is 6.06. The Morgan fingerprint density at radius 2 is 2.00 bits per heavy atom. The molecule has 2 N–H and O–H groups in total. The minimum absolute atomic E-state index is 0.107. The van der Waals surface area contributed by atoms with E-state index in [0.29, 0.717) is 5.11 Å². The van der Waals surface area contributed by atoms with Gasteiger partial charge in [0.05, 0.1) is 13.2 Å². The van der Waals surface area contributed by atoms with E-state index in [2.05, 4.69) is 30.5 Å². The number of benzene rings is 2. The van der Waals surface area contributed by atoms with Gasteiger partial charge in [-0.3, -0.25) is 0 Å². The molecular weight excluding hydrogens is 320 g/mol. The van der Waals surface area contributed by atoms with E-state index in [1.165, 1.54) is 0 Å². The molecular formula is C19H22N2O2S. The van der Waals surface area contributed by atoms with Crippen LogP contribution in [0.4, 0.5) is 5.69 Å². The molecule has 1 aliphatic rings. The number of hydrogen-bond acceptors (Lipinski definition) is 3. The van der Waals surface area contributed by atoms with Crippen LogP contribution in [0.3, 0.4) is 0 Å². The highest BCUT2D eigenvalue weighted by Gasteiger charge is 2.33. The summed E-state index contributed by atoms with van der Waals surface area (Å²) in [7, 11) is 1.65. The molecule has 0 spiro atoms. The zero-order valence-electron chi connectivity index (χ0n) is 14.1. The molecule has 0 saturated heterocycles. The van der Waals surface area contributed by atoms with Crippen LogP contribution in [0, 0.1) is 0 Å². The van der Waals surface area contributed by atoms with E-state index in [1.807, 2.05) is 42.5 Å². The minimum Gasteiger partial charge on any atom is -0.497 e. The molecule has 0 saturated carbocycles. The molecule has 2 aromatic rings. The van der Waals surface area contributed by atoms with Gasteiger partial charge < -0.3 is 20.1 Å². The fourth-order valence-corrected chi connectivity index (χ4v) is 3.22.